The second-order valence-corrected chi connectivity index (χ2v) is 8.40. The molecule has 1 saturated heterocycles. The van der Waals surface area contributed by atoms with Crippen LogP contribution < -0.4 is 14.4 Å². The summed E-state index contributed by atoms with van der Waals surface area (Å²) in [6.45, 7) is 3.71. The lowest BCUT2D eigenvalue weighted by Gasteiger charge is -2.26. The number of anilines is 1. The van der Waals surface area contributed by atoms with Gasteiger partial charge >= 0.3 is 5.97 Å². The number of hydrogen-bond donors (Lipinski definition) is 1. The Morgan fingerprint density at radius 2 is 1.70 bits per heavy atom. The van der Waals surface area contributed by atoms with Crippen LogP contribution in [0.5, 0.6) is 11.5 Å². The van der Waals surface area contributed by atoms with Gasteiger partial charge < -0.3 is 19.3 Å². The molecule has 8 nitrogen and oxygen atoms in total. The fraction of sp³-hybridized carbons (Fsp3) is 0.207. The number of benzene rings is 3. The van der Waals surface area contributed by atoms with E-state index < -0.39 is 23.7 Å². The number of ether oxygens (including phenoxy) is 3. The van der Waals surface area contributed by atoms with Gasteiger partial charge in [0, 0.05) is 11.3 Å². The van der Waals surface area contributed by atoms with Gasteiger partial charge in [-0.05, 0) is 73.5 Å². The summed E-state index contributed by atoms with van der Waals surface area (Å²) in [5, 5.41) is 11.4. The highest BCUT2D eigenvalue weighted by atomic mass is 16.5. The van der Waals surface area contributed by atoms with Gasteiger partial charge in [-0.15, -0.1) is 0 Å². The van der Waals surface area contributed by atoms with Gasteiger partial charge in [0.25, 0.3) is 11.7 Å². The Hall–Kier alpha value is -4.59. The standard InChI is InChI=1S/C29H27NO7/c1-5-37-29(34)20-9-6-10-21(15-20)30-25(18-8-7-11-22(16-18)35-3)24(27(32)28(30)33)26(31)19-12-13-23(36-4)17(2)14-19/h6-16,25,31H,5H2,1-4H3/b26-24+. The number of Topliss-reactive ketones (excluding diaryl/α,β-unsaturated/α-hetero) is 1. The van der Waals surface area contributed by atoms with E-state index in [1.54, 1.807) is 74.7 Å². The first-order valence-electron chi connectivity index (χ1n) is 11.7. The van der Waals surface area contributed by atoms with Crippen LogP contribution in [0, 0.1) is 6.92 Å². The molecular formula is C29H27NO7. The fourth-order valence-corrected chi connectivity index (χ4v) is 4.40. The van der Waals surface area contributed by atoms with Crippen molar-refractivity contribution >= 4 is 29.1 Å². The molecule has 3 aromatic carbocycles. The second kappa shape index (κ2) is 10.6. The Balaban J connectivity index is 1.93. The first-order chi connectivity index (χ1) is 17.8. The zero-order chi connectivity index (χ0) is 26.7. The Morgan fingerprint density at radius 3 is 2.38 bits per heavy atom. The lowest BCUT2D eigenvalue weighted by atomic mass is 9.94. The predicted molar refractivity (Wildman–Crippen MR) is 138 cm³/mol. The number of aryl methyl sites for hydroxylation is 1. The summed E-state index contributed by atoms with van der Waals surface area (Å²) in [5.41, 5.74) is 2.13. The number of esters is 1. The van der Waals surface area contributed by atoms with Crippen molar-refractivity contribution in [2.24, 2.45) is 0 Å². The summed E-state index contributed by atoms with van der Waals surface area (Å²) >= 11 is 0. The highest BCUT2D eigenvalue weighted by Crippen LogP contribution is 2.43. The topological polar surface area (TPSA) is 102 Å². The number of aliphatic hydroxyl groups excluding tert-OH is 1. The minimum absolute atomic E-state index is 0.0793. The van der Waals surface area contributed by atoms with Crippen LogP contribution in [0.2, 0.25) is 0 Å². The molecule has 1 N–H and O–H groups in total. The fourth-order valence-electron chi connectivity index (χ4n) is 4.40. The van der Waals surface area contributed by atoms with Crippen LogP contribution >= 0.6 is 0 Å². The molecule has 1 fully saturated rings. The van der Waals surface area contributed by atoms with E-state index in [9.17, 15) is 19.5 Å². The Morgan fingerprint density at radius 1 is 0.946 bits per heavy atom. The average Bonchev–Trinajstić information content (AvgIpc) is 3.18. The zero-order valence-electron chi connectivity index (χ0n) is 21.0. The van der Waals surface area contributed by atoms with Gasteiger partial charge in [-0.2, -0.15) is 0 Å². The molecule has 8 heteroatoms. The van der Waals surface area contributed by atoms with E-state index in [0.717, 1.165) is 5.56 Å². The van der Waals surface area contributed by atoms with Crippen LogP contribution in [-0.4, -0.2) is 43.6 Å². The van der Waals surface area contributed by atoms with E-state index in [1.165, 1.54) is 18.1 Å². The lowest BCUT2D eigenvalue weighted by molar-refractivity contribution is -0.132. The molecule has 0 radical (unpaired) electrons. The van der Waals surface area contributed by atoms with Gasteiger partial charge in [-0.1, -0.05) is 18.2 Å². The lowest BCUT2D eigenvalue weighted by Crippen LogP contribution is -2.29. The van der Waals surface area contributed by atoms with Crippen molar-refractivity contribution in [3.05, 3.63) is 94.6 Å². The predicted octanol–water partition coefficient (Wildman–Crippen LogP) is 4.82. The van der Waals surface area contributed by atoms with E-state index in [0.29, 0.717) is 28.3 Å². The van der Waals surface area contributed by atoms with Gasteiger partial charge in [0.2, 0.25) is 0 Å². The van der Waals surface area contributed by atoms with Crippen molar-refractivity contribution in [1.82, 2.24) is 0 Å². The van der Waals surface area contributed by atoms with E-state index in [4.69, 9.17) is 14.2 Å². The molecule has 3 aromatic rings. The van der Waals surface area contributed by atoms with E-state index in [2.05, 4.69) is 0 Å². The Kier molecular flexibility index (Phi) is 7.29. The Labute approximate surface area is 214 Å². The summed E-state index contributed by atoms with van der Waals surface area (Å²) in [4.78, 5) is 40.5. The molecule has 0 bridgehead atoms. The maximum absolute atomic E-state index is 13.4. The molecule has 0 aromatic heterocycles. The van der Waals surface area contributed by atoms with Gasteiger partial charge in [0.05, 0.1) is 38.0 Å². The van der Waals surface area contributed by atoms with Crippen LogP contribution in [0.4, 0.5) is 5.69 Å². The maximum atomic E-state index is 13.4. The number of methoxy groups -OCH3 is 2. The van der Waals surface area contributed by atoms with Crippen LogP contribution in [0.25, 0.3) is 5.76 Å². The number of carbonyl (C=O) groups is 3. The molecule has 1 aliphatic rings. The van der Waals surface area contributed by atoms with Gasteiger partial charge in [0.1, 0.15) is 17.3 Å². The number of amides is 1. The summed E-state index contributed by atoms with van der Waals surface area (Å²) < 4.78 is 15.8. The van der Waals surface area contributed by atoms with Gasteiger partial charge in [0.15, 0.2) is 0 Å². The molecule has 1 aliphatic heterocycles. The second-order valence-electron chi connectivity index (χ2n) is 8.40. The van der Waals surface area contributed by atoms with E-state index >= 15 is 0 Å². The van der Waals surface area contributed by atoms with Crippen LogP contribution in [0.15, 0.2) is 72.3 Å². The largest absolute Gasteiger partial charge is 0.507 e. The molecule has 37 heavy (non-hydrogen) atoms. The number of ketones is 1. The van der Waals surface area contributed by atoms with Gasteiger partial charge in [-0.3, -0.25) is 14.5 Å². The smallest absolute Gasteiger partial charge is 0.338 e. The molecule has 0 aliphatic carbocycles. The summed E-state index contributed by atoms with van der Waals surface area (Å²) in [6.07, 6.45) is 0. The molecule has 0 spiro atoms. The maximum Gasteiger partial charge on any atom is 0.338 e. The molecule has 4 rings (SSSR count). The molecule has 1 unspecified atom stereocenters. The summed E-state index contributed by atoms with van der Waals surface area (Å²) in [6, 6.07) is 17.2. The number of hydrogen-bond acceptors (Lipinski definition) is 7. The number of aliphatic hydroxyl groups is 1. The quantitative estimate of drug-likeness (QED) is 0.214. The first-order valence-corrected chi connectivity index (χ1v) is 11.7. The molecule has 0 saturated carbocycles. The highest BCUT2D eigenvalue weighted by molar-refractivity contribution is 6.51. The van der Waals surface area contributed by atoms with Crippen LogP contribution in [0.1, 0.15) is 40.0 Å². The number of rotatable bonds is 7. The van der Waals surface area contributed by atoms with Crippen molar-refractivity contribution < 1.29 is 33.7 Å². The van der Waals surface area contributed by atoms with Crippen molar-refractivity contribution in [3.8, 4) is 11.5 Å². The molecule has 1 heterocycles. The molecule has 190 valence electrons. The number of carbonyl (C=O) groups excluding carboxylic acids is 3. The molecule has 1 atom stereocenters. The zero-order valence-corrected chi connectivity index (χ0v) is 21.0. The minimum atomic E-state index is -0.977. The molecular weight excluding hydrogens is 474 g/mol. The summed E-state index contributed by atoms with van der Waals surface area (Å²) in [5.74, 6) is -1.41. The third-order valence-corrected chi connectivity index (χ3v) is 6.16. The minimum Gasteiger partial charge on any atom is -0.507 e. The Bertz CT molecular complexity index is 1410. The van der Waals surface area contributed by atoms with Gasteiger partial charge in [-0.25, -0.2) is 4.79 Å². The van der Waals surface area contributed by atoms with E-state index in [1.807, 2.05) is 6.92 Å². The van der Waals surface area contributed by atoms with Crippen molar-refractivity contribution in [2.75, 3.05) is 25.7 Å². The summed E-state index contributed by atoms with van der Waals surface area (Å²) in [7, 11) is 3.06. The van der Waals surface area contributed by atoms with Crippen LogP contribution in [0.3, 0.4) is 0 Å². The third kappa shape index (κ3) is 4.78. The number of nitrogens with zero attached hydrogens (tertiary/aromatic N) is 1. The normalized spacial score (nSPS) is 16.5. The highest BCUT2D eigenvalue weighted by Gasteiger charge is 2.47. The monoisotopic (exact) mass is 501 g/mol. The van der Waals surface area contributed by atoms with E-state index in [-0.39, 0.29) is 23.5 Å². The van der Waals surface area contributed by atoms with Crippen LogP contribution in [-0.2, 0) is 14.3 Å². The SMILES string of the molecule is CCOC(=O)c1cccc(N2C(=O)C(=O)/C(=C(/O)c3ccc(OC)c(C)c3)C2c2cccc(OC)c2)c1. The third-order valence-electron chi connectivity index (χ3n) is 6.16. The van der Waals surface area contributed by atoms with Crippen molar-refractivity contribution in [3.63, 3.8) is 0 Å². The first kappa shape index (κ1) is 25.5. The molecule has 1 amide bonds. The van der Waals surface area contributed by atoms with Crippen molar-refractivity contribution in [2.45, 2.75) is 19.9 Å². The average molecular weight is 502 g/mol. The van der Waals surface area contributed by atoms with Crippen molar-refractivity contribution in [1.29, 1.82) is 0 Å².